The smallest absolute Gasteiger partial charge is 0.217 e. The zero-order valence-electron chi connectivity index (χ0n) is 17.0. The molecule has 2 heterocycles. The van der Waals surface area contributed by atoms with Gasteiger partial charge < -0.3 is 20.4 Å². The van der Waals surface area contributed by atoms with Crippen LogP contribution in [-0.2, 0) is 18.3 Å². The number of aromatic nitrogens is 3. The summed E-state index contributed by atoms with van der Waals surface area (Å²) in [5, 5.41) is 3.34. The van der Waals surface area contributed by atoms with E-state index in [0.29, 0.717) is 30.8 Å². The number of anilines is 2. The minimum absolute atomic E-state index is 0.301. The Kier molecular flexibility index (Phi) is 6.18. The Morgan fingerprint density at radius 3 is 2.68 bits per heavy atom. The molecule has 158 valence electrons. The van der Waals surface area contributed by atoms with Crippen molar-refractivity contribution in [2.75, 3.05) is 5.32 Å². The Balaban J connectivity index is 1.50. The summed E-state index contributed by atoms with van der Waals surface area (Å²) >= 11 is 3.45. The summed E-state index contributed by atoms with van der Waals surface area (Å²) in [6.45, 7) is 0. The first-order valence-corrected chi connectivity index (χ1v) is 10.7. The molecule has 0 bridgehead atoms. The van der Waals surface area contributed by atoms with Crippen LogP contribution in [-0.4, -0.2) is 20.4 Å². The Labute approximate surface area is 188 Å². The highest BCUT2D eigenvalue weighted by molar-refractivity contribution is 9.10. The van der Waals surface area contributed by atoms with E-state index in [-0.39, 0.29) is 5.91 Å². The van der Waals surface area contributed by atoms with Gasteiger partial charge in [0.1, 0.15) is 11.5 Å². The molecule has 2 aromatic carbocycles. The highest BCUT2D eigenvalue weighted by atomic mass is 79.9. The number of primary amides is 1. The van der Waals surface area contributed by atoms with Crippen molar-refractivity contribution in [1.82, 2.24) is 14.5 Å². The fourth-order valence-corrected chi connectivity index (χ4v) is 3.52. The summed E-state index contributed by atoms with van der Waals surface area (Å²) in [5.41, 5.74) is 8.84. The number of rotatable bonds is 8. The first kappa shape index (κ1) is 20.9. The van der Waals surface area contributed by atoms with Gasteiger partial charge in [-0.25, -0.2) is 4.98 Å². The van der Waals surface area contributed by atoms with Crippen LogP contribution in [0.4, 0.5) is 11.6 Å². The molecule has 0 radical (unpaired) electrons. The number of amides is 1. The quantitative estimate of drug-likeness (QED) is 0.367. The van der Waals surface area contributed by atoms with E-state index in [1.165, 1.54) is 0 Å². The number of halogens is 1. The average molecular weight is 480 g/mol. The van der Waals surface area contributed by atoms with Gasteiger partial charge in [-0.3, -0.25) is 9.78 Å². The second-order valence-corrected chi connectivity index (χ2v) is 8.10. The van der Waals surface area contributed by atoms with Crippen molar-refractivity contribution in [3.8, 4) is 11.5 Å². The largest absolute Gasteiger partial charge is 0.457 e. The highest BCUT2D eigenvalue weighted by Crippen LogP contribution is 2.28. The maximum atomic E-state index is 10.9. The third kappa shape index (κ3) is 5.21. The van der Waals surface area contributed by atoms with Gasteiger partial charge in [0.15, 0.2) is 0 Å². The van der Waals surface area contributed by atoms with Crippen molar-refractivity contribution in [2.45, 2.75) is 19.3 Å². The topological polar surface area (TPSA) is 95.1 Å². The molecule has 4 aromatic rings. The highest BCUT2D eigenvalue weighted by Gasteiger charge is 2.10. The minimum Gasteiger partial charge on any atom is -0.457 e. The van der Waals surface area contributed by atoms with Gasteiger partial charge in [-0.2, -0.15) is 0 Å². The van der Waals surface area contributed by atoms with Crippen molar-refractivity contribution in [2.24, 2.45) is 12.8 Å². The fourth-order valence-electron chi connectivity index (χ4n) is 3.25. The SMILES string of the molecule is Cn1c(Nc2ccc(Br)cc2)nc2cc(Oc3ccnc(CCCC(N)=O)c3)ccc21. The van der Waals surface area contributed by atoms with Crippen molar-refractivity contribution in [3.63, 3.8) is 0 Å². The molecule has 4 rings (SSSR count). The van der Waals surface area contributed by atoms with Crippen LogP contribution in [0, 0.1) is 0 Å². The van der Waals surface area contributed by atoms with Gasteiger partial charge in [-0.1, -0.05) is 15.9 Å². The molecular weight excluding hydrogens is 458 g/mol. The summed E-state index contributed by atoms with van der Waals surface area (Å²) in [6.07, 6.45) is 3.39. The van der Waals surface area contributed by atoms with Gasteiger partial charge in [0, 0.05) is 47.7 Å². The van der Waals surface area contributed by atoms with E-state index in [0.717, 1.165) is 32.8 Å². The third-order valence-corrected chi connectivity index (χ3v) is 5.36. The van der Waals surface area contributed by atoms with E-state index in [2.05, 4.69) is 26.2 Å². The first-order chi connectivity index (χ1) is 15.0. The Morgan fingerprint density at radius 2 is 1.90 bits per heavy atom. The predicted octanol–water partition coefficient (Wildman–Crippen LogP) is 5.07. The Bertz CT molecular complexity index is 1220. The molecule has 7 nitrogen and oxygen atoms in total. The molecular formula is C23H22BrN5O2. The lowest BCUT2D eigenvalue weighted by Crippen LogP contribution is -2.10. The monoisotopic (exact) mass is 479 g/mol. The number of nitrogens with two attached hydrogens (primary N) is 1. The van der Waals surface area contributed by atoms with Crippen molar-refractivity contribution >= 4 is 44.5 Å². The number of hydrogen-bond acceptors (Lipinski definition) is 5. The van der Waals surface area contributed by atoms with E-state index < -0.39 is 0 Å². The van der Waals surface area contributed by atoms with E-state index in [1.807, 2.05) is 60.1 Å². The summed E-state index contributed by atoms with van der Waals surface area (Å²) < 4.78 is 9.06. The van der Waals surface area contributed by atoms with E-state index in [4.69, 9.17) is 15.5 Å². The van der Waals surface area contributed by atoms with Gasteiger partial charge in [-0.05, 0) is 55.3 Å². The molecule has 0 spiro atoms. The van der Waals surface area contributed by atoms with Gasteiger partial charge >= 0.3 is 0 Å². The van der Waals surface area contributed by atoms with Gasteiger partial charge in [0.25, 0.3) is 0 Å². The molecule has 0 saturated carbocycles. The summed E-state index contributed by atoms with van der Waals surface area (Å²) in [6, 6.07) is 17.4. The Morgan fingerprint density at radius 1 is 1.13 bits per heavy atom. The molecule has 2 aromatic heterocycles. The number of carbonyl (C=O) groups excluding carboxylic acids is 1. The maximum absolute atomic E-state index is 10.9. The number of benzene rings is 2. The molecule has 0 aliphatic rings. The van der Waals surface area contributed by atoms with Crippen LogP contribution < -0.4 is 15.8 Å². The van der Waals surface area contributed by atoms with Crippen LogP contribution in [0.5, 0.6) is 11.5 Å². The molecule has 0 atom stereocenters. The molecule has 0 unspecified atom stereocenters. The van der Waals surface area contributed by atoms with Crippen LogP contribution in [0.1, 0.15) is 18.5 Å². The van der Waals surface area contributed by atoms with Crippen molar-refractivity contribution in [1.29, 1.82) is 0 Å². The van der Waals surface area contributed by atoms with E-state index in [9.17, 15) is 4.79 Å². The lowest BCUT2D eigenvalue weighted by molar-refractivity contribution is -0.118. The van der Waals surface area contributed by atoms with Crippen LogP contribution in [0.2, 0.25) is 0 Å². The lowest BCUT2D eigenvalue weighted by atomic mass is 10.1. The predicted molar refractivity (Wildman–Crippen MR) is 125 cm³/mol. The normalized spacial score (nSPS) is 10.9. The summed E-state index contributed by atoms with van der Waals surface area (Å²) in [4.78, 5) is 19.9. The summed E-state index contributed by atoms with van der Waals surface area (Å²) in [5.74, 6) is 1.82. The van der Waals surface area contributed by atoms with E-state index in [1.54, 1.807) is 12.3 Å². The number of aryl methyl sites for hydroxylation is 2. The van der Waals surface area contributed by atoms with Gasteiger partial charge in [0.05, 0.1) is 11.0 Å². The minimum atomic E-state index is -0.301. The molecule has 0 aliphatic heterocycles. The number of imidazole rings is 1. The number of nitrogens with one attached hydrogen (secondary N) is 1. The average Bonchev–Trinajstić information content (AvgIpc) is 3.04. The molecule has 0 fully saturated rings. The standard InChI is InChI=1S/C23H22BrN5O2/c1-29-21-10-9-18(31-19-11-12-26-17(13-19)3-2-4-22(25)30)14-20(21)28-23(29)27-16-7-5-15(24)6-8-16/h5-14H,2-4H2,1H3,(H2,25,30)(H,27,28). The third-order valence-electron chi connectivity index (χ3n) is 4.83. The van der Waals surface area contributed by atoms with Crippen LogP contribution >= 0.6 is 15.9 Å². The molecule has 0 aliphatic carbocycles. The van der Waals surface area contributed by atoms with Gasteiger partial charge in [-0.15, -0.1) is 0 Å². The van der Waals surface area contributed by atoms with Crippen LogP contribution in [0.15, 0.2) is 65.3 Å². The van der Waals surface area contributed by atoms with Crippen LogP contribution in [0.3, 0.4) is 0 Å². The maximum Gasteiger partial charge on any atom is 0.217 e. The lowest BCUT2D eigenvalue weighted by Gasteiger charge is -2.07. The van der Waals surface area contributed by atoms with Crippen molar-refractivity contribution in [3.05, 3.63) is 71.0 Å². The molecule has 1 amide bonds. The second kappa shape index (κ2) is 9.18. The number of carbonyl (C=O) groups is 1. The molecule has 31 heavy (non-hydrogen) atoms. The number of hydrogen-bond donors (Lipinski definition) is 2. The van der Waals surface area contributed by atoms with Gasteiger partial charge in [0.2, 0.25) is 11.9 Å². The number of ether oxygens (including phenoxy) is 1. The second-order valence-electron chi connectivity index (χ2n) is 7.18. The zero-order chi connectivity index (χ0) is 21.8. The Hall–Kier alpha value is -3.39. The number of fused-ring (bicyclic) bond motifs is 1. The zero-order valence-corrected chi connectivity index (χ0v) is 18.6. The van der Waals surface area contributed by atoms with E-state index >= 15 is 0 Å². The number of nitrogens with zero attached hydrogens (tertiary/aromatic N) is 3. The molecule has 3 N–H and O–H groups in total. The molecule has 8 heteroatoms. The first-order valence-electron chi connectivity index (χ1n) is 9.88. The number of pyridine rings is 1. The molecule has 0 saturated heterocycles. The summed E-state index contributed by atoms with van der Waals surface area (Å²) in [7, 11) is 1.97. The van der Waals surface area contributed by atoms with Crippen molar-refractivity contribution < 1.29 is 9.53 Å². The fraction of sp³-hybridized carbons (Fsp3) is 0.174. The van der Waals surface area contributed by atoms with Crippen LogP contribution in [0.25, 0.3) is 11.0 Å².